The number of nitrogens with one attached hydrogen (secondary N) is 2. The van der Waals surface area contributed by atoms with Gasteiger partial charge in [-0.15, -0.1) is 0 Å². The van der Waals surface area contributed by atoms with E-state index in [2.05, 4.69) is 10.6 Å². The fraction of sp³-hybridized carbons (Fsp3) is 0.370. The number of hydrogen-bond acceptors (Lipinski definition) is 7. The van der Waals surface area contributed by atoms with Crippen molar-refractivity contribution in [1.82, 2.24) is 10.2 Å². The number of amides is 3. The molecule has 2 aliphatic rings. The first-order valence-corrected chi connectivity index (χ1v) is 12.2. The van der Waals surface area contributed by atoms with Gasteiger partial charge < -0.3 is 25.0 Å². The van der Waals surface area contributed by atoms with Crippen molar-refractivity contribution in [3.8, 4) is 0 Å². The quantitative estimate of drug-likeness (QED) is 0.555. The first-order chi connectivity index (χ1) is 18.2. The molecule has 2 aromatic carbocycles. The molecule has 1 heterocycles. The van der Waals surface area contributed by atoms with Gasteiger partial charge in [-0.1, -0.05) is 12.8 Å². The molecular formula is C27H28FN3O7. The van der Waals surface area contributed by atoms with Crippen LogP contribution in [0.3, 0.4) is 0 Å². The smallest absolute Gasteiger partial charge is 0.337 e. The fourth-order valence-electron chi connectivity index (χ4n) is 5.03. The highest BCUT2D eigenvalue weighted by atomic mass is 19.1. The minimum Gasteiger partial charge on any atom is -0.465 e. The predicted octanol–water partition coefficient (Wildman–Crippen LogP) is 2.68. The number of anilines is 1. The average Bonchev–Trinajstić information content (AvgIpc) is 2.92. The highest BCUT2D eigenvalue weighted by Gasteiger charge is 2.46. The topological polar surface area (TPSA) is 131 Å². The lowest BCUT2D eigenvalue weighted by atomic mass is 9.84. The number of fused-ring (bicyclic) bond motifs is 1. The third-order valence-electron chi connectivity index (χ3n) is 6.82. The lowest BCUT2D eigenvalue weighted by Crippen LogP contribution is -2.68. The van der Waals surface area contributed by atoms with Crippen molar-refractivity contribution in [3.05, 3.63) is 65.0 Å². The summed E-state index contributed by atoms with van der Waals surface area (Å²) in [7, 11) is 2.36. The maximum absolute atomic E-state index is 13.6. The normalized spacial score (nSPS) is 20.6. The van der Waals surface area contributed by atoms with Crippen LogP contribution in [0, 0.1) is 5.82 Å². The molecule has 2 fully saturated rings. The molecule has 200 valence electrons. The van der Waals surface area contributed by atoms with E-state index in [1.165, 1.54) is 61.6 Å². The Bertz CT molecular complexity index is 1230. The standard InChI is InChI=1S/C27H28FN3O7/c1-37-26(35)16-11-17(27(36)38-2)13-19(12-16)29-23(32)14-22-24(33)30-20-5-3-4-6-21(20)31(22)25(34)15-7-9-18(28)10-8-15/h7-13,20-22H,3-6,14H2,1-2H3,(H,29,32)(H,30,33)/t20-,21-,22-/m1/s1. The molecule has 1 aliphatic carbocycles. The van der Waals surface area contributed by atoms with Crippen molar-refractivity contribution < 1.29 is 37.8 Å². The maximum Gasteiger partial charge on any atom is 0.337 e. The number of carbonyl (C=O) groups is 5. The lowest BCUT2D eigenvalue weighted by molar-refractivity contribution is -0.135. The zero-order valence-corrected chi connectivity index (χ0v) is 21.0. The molecule has 3 atom stereocenters. The van der Waals surface area contributed by atoms with Gasteiger partial charge >= 0.3 is 11.9 Å². The maximum atomic E-state index is 13.6. The van der Waals surface area contributed by atoms with E-state index in [0.29, 0.717) is 12.8 Å². The SMILES string of the molecule is COC(=O)c1cc(NC(=O)C[C@@H]2C(=O)N[C@@H]3CCCC[C@H]3N2C(=O)c2ccc(F)cc2)cc(C(=O)OC)c1. The van der Waals surface area contributed by atoms with Crippen LogP contribution in [0.5, 0.6) is 0 Å². The summed E-state index contributed by atoms with van der Waals surface area (Å²) in [6.45, 7) is 0. The van der Waals surface area contributed by atoms with Crippen molar-refractivity contribution in [1.29, 1.82) is 0 Å². The first-order valence-electron chi connectivity index (χ1n) is 12.2. The first kappa shape index (κ1) is 26.8. The monoisotopic (exact) mass is 525 g/mol. The number of hydrogen-bond donors (Lipinski definition) is 2. The number of benzene rings is 2. The molecule has 3 amide bonds. The van der Waals surface area contributed by atoms with Crippen molar-refractivity contribution in [2.24, 2.45) is 0 Å². The van der Waals surface area contributed by atoms with Gasteiger partial charge in [-0.05, 0) is 55.3 Å². The Morgan fingerprint density at radius 2 is 1.55 bits per heavy atom. The van der Waals surface area contributed by atoms with Gasteiger partial charge in [0.15, 0.2) is 0 Å². The Morgan fingerprint density at radius 1 is 0.947 bits per heavy atom. The van der Waals surface area contributed by atoms with Crippen LogP contribution in [0.2, 0.25) is 0 Å². The van der Waals surface area contributed by atoms with E-state index >= 15 is 0 Å². The third-order valence-corrected chi connectivity index (χ3v) is 6.82. The Balaban J connectivity index is 1.61. The van der Waals surface area contributed by atoms with E-state index in [-0.39, 0.29) is 40.9 Å². The Kier molecular flexibility index (Phi) is 8.04. The summed E-state index contributed by atoms with van der Waals surface area (Å²) in [5.41, 5.74) is 0.351. The van der Waals surface area contributed by atoms with Gasteiger partial charge in [0.2, 0.25) is 11.8 Å². The minimum atomic E-state index is -1.12. The summed E-state index contributed by atoms with van der Waals surface area (Å²) in [4.78, 5) is 65.4. The van der Waals surface area contributed by atoms with Gasteiger partial charge in [0, 0.05) is 17.3 Å². The number of methoxy groups -OCH3 is 2. The van der Waals surface area contributed by atoms with Crippen LogP contribution >= 0.6 is 0 Å². The summed E-state index contributed by atoms with van der Waals surface area (Å²) in [6, 6.07) is 7.31. The average molecular weight is 526 g/mol. The molecule has 1 saturated heterocycles. The van der Waals surface area contributed by atoms with Crippen molar-refractivity contribution in [3.63, 3.8) is 0 Å². The molecule has 0 aromatic heterocycles. The summed E-state index contributed by atoms with van der Waals surface area (Å²) in [5.74, 6) is -3.48. The van der Waals surface area contributed by atoms with E-state index in [4.69, 9.17) is 9.47 Å². The number of esters is 2. The Hall–Kier alpha value is -4.28. The Morgan fingerprint density at radius 3 is 2.16 bits per heavy atom. The van der Waals surface area contributed by atoms with Crippen LogP contribution in [0.25, 0.3) is 0 Å². The zero-order valence-electron chi connectivity index (χ0n) is 21.0. The van der Waals surface area contributed by atoms with Crippen LogP contribution in [0.15, 0.2) is 42.5 Å². The number of nitrogens with zero attached hydrogens (tertiary/aromatic N) is 1. The molecule has 2 aromatic rings. The number of ether oxygens (including phenoxy) is 2. The third kappa shape index (κ3) is 5.66. The molecule has 0 unspecified atom stereocenters. The van der Waals surface area contributed by atoms with Gasteiger partial charge in [0.05, 0.1) is 37.8 Å². The molecule has 0 bridgehead atoms. The molecule has 38 heavy (non-hydrogen) atoms. The van der Waals surface area contributed by atoms with Gasteiger partial charge in [0.25, 0.3) is 5.91 Å². The van der Waals surface area contributed by atoms with Gasteiger partial charge in [-0.3, -0.25) is 14.4 Å². The lowest BCUT2D eigenvalue weighted by Gasteiger charge is -2.48. The van der Waals surface area contributed by atoms with E-state index < -0.39 is 41.5 Å². The van der Waals surface area contributed by atoms with Crippen LogP contribution in [-0.2, 0) is 19.1 Å². The molecular weight excluding hydrogens is 497 g/mol. The highest BCUT2D eigenvalue weighted by Crippen LogP contribution is 2.31. The fourth-order valence-corrected chi connectivity index (χ4v) is 5.03. The summed E-state index contributed by atoms with van der Waals surface area (Å²) >= 11 is 0. The van der Waals surface area contributed by atoms with Crippen molar-refractivity contribution in [2.75, 3.05) is 19.5 Å². The number of carbonyl (C=O) groups excluding carboxylic acids is 5. The molecule has 0 spiro atoms. The van der Waals surface area contributed by atoms with E-state index in [1.807, 2.05) is 0 Å². The van der Waals surface area contributed by atoms with Crippen LogP contribution < -0.4 is 10.6 Å². The largest absolute Gasteiger partial charge is 0.465 e. The summed E-state index contributed by atoms with van der Waals surface area (Å²) in [6.07, 6.45) is 2.75. The van der Waals surface area contributed by atoms with Gasteiger partial charge in [-0.2, -0.15) is 0 Å². The Labute approximate surface area is 218 Å². The van der Waals surface area contributed by atoms with E-state index in [9.17, 15) is 28.4 Å². The second-order valence-corrected chi connectivity index (χ2v) is 9.24. The zero-order chi connectivity index (χ0) is 27.4. The van der Waals surface area contributed by atoms with E-state index in [0.717, 1.165) is 12.8 Å². The van der Waals surface area contributed by atoms with Crippen molar-refractivity contribution in [2.45, 2.75) is 50.2 Å². The second kappa shape index (κ2) is 11.4. The van der Waals surface area contributed by atoms with E-state index in [1.54, 1.807) is 0 Å². The molecule has 2 N–H and O–H groups in total. The molecule has 4 rings (SSSR count). The number of rotatable bonds is 6. The molecule has 1 saturated carbocycles. The summed E-state index contributed by atoms with van der Waals surface area (Å²) in [5, 5.41) is 5.56. The highest BCUT2D eigenvalue weighted by molar-refractivity contribution is 6.03. The van der Waals surface area contributed by atoms with Gasteiger partial charge in [0.1, 0.15) is 11.9 Å². The van der Waals surface area contributed by atoms with Crippen molar-refractivity contribution >= 4 is 35.3 Å². The summed E-state index contributed by atoms with van der Waals surface area (Å²) < 4.78 is 22.9. The molecule has 11 heteroatoms. The molecule has 1 aliphatic heterocycles. The van der Waals surface area contributed by atoms with Crippen LogP contribution in [0.4, 0.5) is 10.1 Å². The van der Waals surface area contributed by atoms with Crippen LogP contribution in [-0.4, -0.2) is 66.9 Å². The van der Waals surface area contributed by atoms with Gasteiger partial charge in [-0.25, -0.2) is 14.0 Å². The minimum absolute atomic E-state index is 0.0132. The predicted molar refractivity (Wildman–Crippen MR) is 133 cm³/mol. The molecule has 10 nitrogen and oxygen atoms in total. The number of halogens is 1. The second-order valence-electron chi connectivity index (χ2n) is 9.24. The van der Waals surface area contributed by atoms with Crippen LogP contribution in [0.1, 0.15) is 63.2 Å². The number of piperazine rings is 1. The molecule has 0 radical (unpaired) electrons.